The fourth-order valence-electron chi connectivity index (χ4n) is 2.99. The van der Waals surface area contributed by atoms with Crippen molar-refractivity contribution in [3.8, 4) is 0 Å². The molecule has 8 heteroatoms. The minimum Gasteiger partial charge on any atom is -0.345 e. The topological polar surface area (TPSA) is 93.9 Å². The van der Waals surface area contributed by atoms with E-state index in [2.05, 4.69) is 20.1 Å². The highest BCUT2D eigenvalue weighted by molar-refractivity contribution is 7.89. The maximum absolute atomic E-state index is 12.3. The maximum atomic E-state index is 12.3. The minimum atomic E-state index is -3.08. The number of carbonyl (C=O) groups is 1. The summed E-state index contributed by atoms with van der Waals surface area (Å²) in [6, 6.07) is 6.61. The first-order valence-corrected chi connectivity index (χ1v) is 10.4. The molecular weight excluding hydrogens is 340 g/mol. The van der Waals surface area contributed by atoms with Gasteiger partial charge in [-0.05, 0) is 30.5 Å². The molecule has 2 aromatic rings. The lowest BCUT2D eigenvalue weighted by Gasteiger charge is -2.08. The third kappa shape index (κ3) is 4.66. The average Bonchev–Trinajstić information content (AvgIpc) is 2.78. The van der Waals surface area contributed by atoms with E-state index in [1.54, 1.807) is 24.3 Å². The number of hydrogen-bond donors (Lipinski definition) is 1. The van der Waals surface area contributed by atoms with Crippen LogP contribution < -0.4 is 5.32 Å². The van der Waals surface area contributed by atoms with Crippen LogP contribution in [0.25, 0.3) is 0 Å². The van der Waals surface area contributed by atoms with E-state index in [0.717, 1.165) is 37.5 Å². The van der Waals surface area contributed by atoms with Gasteiger partial charge in [0.2, 0.25) is 0 Å². The lowest BCUT2D eigenvalue weighted by Crippen LogP contribution is -2.25. The van der Waals surface area contributed by atoms with Crippen LogP contribution in [0, 0.1) is 0 Å². The second-order valence-corrected chi connectivity index (χ2v) is 8.58. The van der Waals surface area contributed by atoms with Gasteiger partial charge in [0.05, 0.1) is 12.3 Å². The quantitative estimate of drug-likeness (QED) is 0.869. The predicted molar refractivity (Wildman–Crippen MR) is 93.7 cm³/mol. The Balaban J connectivity index is 1.62. The Bertz CT molecular complexity index is 857. The zero-order valence-electron chi connectivity index (χ0n) is 14.2. The standard InChI is InChI=1S/C17H22N4O3S/c1-25(23,24)12-13-6-8-14(9-7-13)17(22)18-11-16-20-19-15-5-3-2-4-10-21(15)16/h6-9H,2-5,10-12H2,1H3,(H,18,22). The van der Waals surface area contributed by atoms with Crippen molar-refractivity contribution in [1.82, 2.24) is 20.1 Å². The number of sulfone groups is 1. The van der Waals surface area contributed by atoms with E-state index < -0.39 is 9.84 Å². The number of amides is 1. The van der Waals surface area contributed by atoms with Crippen LogP contribution in [0.15, 0.2) is 24.3 Å². The molecule has 1 N–H and O–H groups in total. The number of fused-ring (bicyclic) bond motifs is 1. The van der Waals surface area contributed by atoms with Crippen molar-refractivity contribution in [1.29, 1.82) is 0 Å². The van der Waals surface area contributed by atoms with E-state index in [1.165, 1.54) is 12.7 Å². The van der Waals surface area contributed by atoms with Crippen molar-refractivity contribution >= 4 is 15.7 Å². The molecule has 2 heterocycles. The molecule has 134 valence electrons. The van der Waals surface area contributed by atoms with Crippen molar-refractivity contribution in [3.05, 3.63) is 47.0 Å². The average molecular weight is 362 g/mol. The van der Waals surface area contributed by atoms with Gasteiger partial charge in [0.25, 0.3) is 5.91 Å². The molecule has 0 aliphatic carbocycles. The highest BCUT2D eigenvalue weighted by Gasteiger charge is 2.15. The van der Waals surface area contributed by atoms with Gasteiger partial charge in [0.15, 0.2) is 15.7 Å². The highest BCUT2D eigenvalue weighted by atomic mass is 32.2. The summed E-state index contributed by atoms with van der Waals surface area (Å²) in [6.45, 7) is 1.23. The molecule has 0 saturated heterocycles. The van der Waals surface area contributed by atoms with Crippen molar-refractivity contribution in [2.75, 3.05) is 6.26 Å². The van der Waals surface area contributed by atoms with Gasteiger partial charge < -0.3 is 9.88 Å². The molecule has 1 aromatic carbocycles. The number of hydrogen-bond acceptors (Lipinski definition) is 5. The summed E-state index contributed by atoms with van der Waals surface area (Å²) in [4.78, 5) is 12.3. The number of aromatic nitrogens is 3. The number of rotatable bonds is 5. The normalized spacial score (nSPS) is 14.6. The van der Waals surface area contributed by atoms with Crippen LogP contribution >= 0.6 is 0 Å². The van der Waals surface area contributed by atoms with E-state index >= 15 is 0 Å². The summed E-state index contributed by atoms with van der Waals surface area (Å²) in [5.74, 6) is 1.53. The first-order chi connectivity index (χ1) is 11.9. The van der Waals surface area contributed by atoms with Crippen LogP contribution in [0.2, 0.25) is 0 Å². The largest absolute Gasteiger partial charge is 0.345 e. The first kappa shape index (κ1) is 17.6. The lowest BCUT2D eigenvalue weighted by molar-refractivity contribution is 0.0949. The van der Waals surface area contributed by atoms with Gasteiger partial charge in [0.1, 0.15) is 5.82 Å². The first-order valence-electron chi connectivity index (χ1n) is 8.38. The van der Waals surface area contributed by atoms with E-state index in [-0.39, 0.29) is 11.7 Å². The van der Waals surface area contributed by atoms with Crippen LogP contribution in [0.5, 0.6) is 0 Å². The summed E-state index contributed by atoms with van der Waals surface area (Å²) in [7, 11) is -3.08. The van der Waals surface area contributed by atoms with Gasteiger partial charge in [-0.1, -0.05) is 18.6 Å². The Labute approximate surface area is 147 Å². The Kier molecular flexibility index (Phi) is 5.17. The lowest BCUT2D eigenvalue weighted by atomic mass is 10.1. The Morgan fingerprint density at radius 2 is 1.92 bits per heavy atom. The van der Waals surface area contributed by atoms with Crippen LogP contribution in [0.4, 0.5) is 0 Å². The molecule has 1 aromatic heterocycles. The summed E-state index contributed by atoms with van der Waals surface area (Å²) in [5, 5.41) is 11.3. The smallest absolute Gasteiger partial charge is 0.251 e. The van der Waals surface area contributed by atoms with Crippen LogP contribution in [-0.4, -0.2) is 35.3 Å². The maximum Gasteiger partial charge on any atom is 0.251 e. The third-order valence-corrected chi connectivity index (χ3v) is 5.10. The second kappa shape index (κ2) is 7.35. The number of nitrogens with zero attached hydrogens (tertiary/aromatic N) is 3. The van der Waals surface area contributed by atoms with E-state index in [4.69, 9.17) is 0 Å². The van der Waals surface area contributed by atoms with Gasteiger partial charge in [-0.25, -0.2) is 8.42 Å². The van der Waals surface area contributed by atoms with Crippen molar-refractivity contribution in [2.45, 2.75) is 44.5 Å². The van der Waals surface area contributed by atoms with Gasteiger partial charge in [-0.15, -0.1) is 10.2 Å². The summed E-state index contributed by atoms with van der Waals surface area (Å²) in [5.41, 5.74) is 1.16. The Morgan fingerprint density at radius 3 is 2.64 bits per heavy atom. The summed E-state index contributed by atoms with van der Waals surface area (Å²) < 4.78 is 24.7. The monoisotopic (exact) mass is 362 g/mol. The molecule has 0 fully saturated rings. The molecule has 3 rings (SSSR count). The van der Waals surface area contributed by atoms with Crippen molar-refractivity contribution in [2.24, 2.45) is 0 Å². The van der Waals surface area contributed by atoms with E-state index in [0.29, 0.717) is 17.7 Å². The molecule has 1 aliphatic heterocycles. The molecule has 1 amide bonds. The zero-order chi connectivity index (χ0) is 17.9. The highest BCUT2D eigenvalue weighted by Crippen LogP contribution is 2.14. The number of carbonyl (C=O) groups excluding carboxylic acids is 1. The number of nitrogens with one attached hydrogen (secondary N) is 1. The third-order valence-electron chi connectivity index (χ3n) is 4.24. The zero-order valence-corrected chi connectivity index (χ0v) is 15.1. The SMILES string of the molecule is CS(=O)(=O)Cc1ccc(C(=O)NCc2nnc3n2CCCCC3)cc1. The number of benzene rings is 1. The van der Waals surface area contributed by atoms with Crippen LogP contribution in [0.1, 0.15) is 46.8 Å². The van der Waals surface area contributed by atoms with Gasteiger partial charge in [0, 0.05) is 24.8 Å². The summed E-state index contributed by atoms with van der Waals surface area (Å²) in [6.07, 6.45) is 5.55. The Hall–Kier alpha value is -2.22. The molecule has 0 saturated carbocycles. The Morgan fingerprint density at radius 1 is 1.16 bits per heavy atom. The fraction of sp³-hybridized carbons (Fsp3) is 0.471. The van der Waals surface area contributed by atoms with Crippen LogP contribution in [-0.2, 0) is 35.1 Å². The molecule has 25 heavy (non-hydrogen) atoms. The van der Waals surface area contributed by atoms with Crippen molar-refractivity contribution in [3.63, 3.8) is 0 Å². The molecule has 0 radical (unpaired) electrons. The van der Waals surface area contributed by atoms with Crippen LogP contribution in [0.3, 0.4) is 0 Å². The molecule has 0 bridgehead atoms. The van der Waals surface area contributed by atoms with Crippen molar-refractivity contribution < 1.29 is 13.2 Å². The van der Waals surface area contributed by atoms with E-state index in [9.17, 15) is 13.2 Å². The number of aryl methyl sites for hydroxylation is 1. The van der Waals surface area contributed by atoms with E-state index in [1.807, 2.05) is 0 Å². The molecule has 7 nitrogen and oxygen atoms in total. The summed E-state index contributed by atoms with van der Waals surface area (Å²) >= 11 is 0. The second-order valence-electron chi connectivity index (χ2n) is 6.44. The molecular formula is C17H22N4O3S. The van der Waals surface area contributed by atoms with Gasteiger partial charge in [-0.2, -0.15) is 0 Å². The van der Waals surface area contributed by atoms with Gasteiger partial charge in [-0.3, -0.25) is 4.79 Å². The molecule has 1 aliphatic rings. The van der Waals surface area contributed by atoms with Gasteiger partial charge >= 0.3 is 0 Å². The fourth-order valence-corrected chi connectivity index (χ4v) is 3.79. The molecule has 0 spiro atoms. The molecule has 0 unspecified atom stereocenters. The molecule has 0 atom stereocenters. The predicted octanol–water partition coefficient (Wildman–Crippen LogP) is 1.48. The minimum absolute atomic E-state index is 0.0270.